The van der Waals surface area contributed by atoms with E-state index in [1.165, 1.54) is 12.1 Å². The van der Waals surface area contributed by atoms with E-state index >= 15 is 0 Å². The zero-order valence-corrected chi connectivity index (χ0v) is 25.9. The van der Waals surface area contributed by atoms with Crippen LogP contribution in [0.2, 0.25) is 5.02 Å². The Morgan fingerprint density at radius 3 is 2.19 bits per heavy atom. The van der Waals surface area contributed by atoms with Crippen molar-refractivity contribution >= 4 is 53.3 Å². The second kappa shape index (κ2) is 14.1. The molecular formula is C28H35ClFNO11S. The lowest BCUT2D eigenvalue weighted by Crippen LogP contribution is -2.63. The zero-order chi connectivity index (χ0) is 32.1. The van der Waals surface area contributed by atoms with Crippen LogP contribution in [-0.2, 0) is 42.9 Å². The molecule has 1 unspecified atom stereocenters. The summed E-state index contributed by atoms with van der Waals surface area (Å²) in [6.45, 7) is 6.46. The van der Waals surface area contributed by atoms with Crippen LogP contribution >= 0.6 is 23.4 Å². The third-order valence-corrected chi connectivity index (χ3v) is 8.44. The molecule has 1 amide bonds. The summed E-state index contributed by atoms with van der Waals surface area (Å²) in [4.78, 5) is 63.6. The van der Waals surface area contributed by atoms with Crippen molar-refractivity contribution in [3.05, 3.63) is 29.0 Å². The Hall–Kier alpha value is -3.10. The number of aliphatic hydroxyl groups excluding tert-OH is 1. The van der Waals surface area contributed by atoms with Gasteiger partial charge >= 0.3 is 30.0 Å². The number of alkyl carbamates (subject to hydrolysis) is 1. The van der Waals surface area contributed by atoms with Crippen molar-refractivity contribution in [3.8, 4) is 0 Å². The molecule has 0 spiro atoms. The van der Waals surface area contributed by atoms with Gasteiger partial charge in [-0.15, -0.1) is 11.8 Å². The molecule has 0 saturated heterocycles. The summed E-state index contributed by atoms with van der Waals surface area (Å²) in [5.41, 5.74) is -3.03. The standard InChI is InChI=1S/C28H35ClFNO11S/c1-6-18(32)38-12-40-24(35)21-20-22(21)28(31-26(37)42-27(3,4)5,25(36)41-13-39-19(33)7-2)15(23(20)34)11-43-14-8-9-17(30)16(29)10-14/h8-10,15,20-23,34H,6-7,11-13H2,1-5H3,(H,31,37)/t15-,20+,21?,22+,23-,28+/m1/s1. The molecule has 0 aliphatic heterocycles. The molecule has 3 rings (SSSR count). The first-order valence-electron chi connectivity index (χ1n) is 13.6. The van der Waals surface area contributed by atoms with Gasteiger partial charge in [-0.1, -0.05) is 25.4 Å². The number of hydrogen-bond acceptors (Lipinski definition) is 12. The Morgan fingerprint density at radius 2 is 1.63 bits per heavy atom. The SMILES string of the molecule is CCC(=O)OCOC(=O)C1[C@@H]2[C@H](O)[C@@H](CSc3ccc(F)c(Cl)c3)[C@@](NC(=O)OC(C)(C)C)(C(=O)OCOC(=O)CC)[C@H]12. The topological polar surface area (TPSA) is 164 Å². The van der Waals surface area contributed by atoms with Crippen LogP contribution in [0.25, 0.3) is 0 Å². The normalized spacial score (nSPS) is 25.6. The van der Waals surface area contributed by atoms with Gasteiger partial charge in [0.25, 0.3) is 0 Å². The molecule has 6 atom stereocenters. The number of amides is 1. The summed E-state index contributed by atoms with van der Waals surface area (Å²) in [5, 5.41) is 13.9. The number of hydrogen-bond donors (Lipinski definition) is 2. The van der Waals surface area contributed by atoms with Gasteiger partial charge in [0.1, 0.15) is 11.4 Å². The summed E-state index contributed by atoms with van der Waals surface area (Å²) < 4.78 is 39.2. The van der Waals surface area contributed by atoms with Crippen LogP contribution in [-0.4, -0.2) is 71.7 Å². The highest BCUT2D eigenvalue weighted by Crippen LogP contribution is 2.66. The molecule has 2 fully saturated rings. The van der Waals surface area contributed by atoms with E-state index in [1.54, 1.807) is 34.6 Å². The minimum atomic E-state index is -2.05. The average molecular weight is 648 g/mol. The molecule has 0 radical (unpaired) electrons. The quantitative estimate of drug-likeness (QED) is 0.147. The lowest BCUT2D eigenvalue weighted by molar-refractivity contribution is -0.175. The predicted molar refractivity (Wildman–Crippen MR) is 149 cm³/mol. The van der Waals surface area contributed by atoms with Crippen molar-refractivity contribution in [2.75, 3.05) is 19.3 Å². The van der Waals surface area contributed by atoms with Crippen molar-refractivity contribution in [2.45, 2.75) is 69.6 Å². The van der Waals surface area contributed by atoms with E-state index in [0.717, 1.165) is 17.8 Å². The summed E-state index contributed by atoms with van der Waals surface area (Å²) in [6.07, 6.45) is -2.30. The monoisotopic (exact) mass is 647 g/mol. The fraction of sp³-hybridized carbons (Fsp3) is 0.607. The number of esters is 4. The van der Waals surface area contributed by atoms with Gasteiger partial charge in [-0.3, -0.25) is 14.4 Å². The number of carbonyl (C=O) groups is 5. The molecule has 0 bridgehead atoms. The predicted octanol–water partition coefficient (Wildman–Crippen LogP) is 3.60. The first kappa shape index (κ1) is 34.4. The molecule has 2 saturated carbocycles. The molecule has 12 nitrogen and oxygen atoms in total. The molecule has 2 aliphatic rings. The number of carbonyl (C=O) groups excluding carboxylic acids is 5. The minimum Gasteiger partial charge on any atom is -0.444 e. The van der Waals surface area contributed by atoms with Crippen LogP contribution in [0.3, 0.4) is 0 Å². The zero-order valence-electron chi connectivity index (χ0n) is 24.3. The number of ether oxygens (including phenoxy) is 5. The molecule has 0 aromatic heterocycles. The van der Waals surface area contributed by atoms with E-state index in [2.05, 4.69) is 5.32 Å². The van der Waals surface area contributed by atoms with E-state index in [9.17, 15) is 33.5 Å². The van der Waals surface area contributed by atoms with E-state index in [1.807, 2.05) is 0 Å². The average Bonchev–Trinajstić information content (AvgIpc) is 3.63. The lowest BCUT2D eigenvalue weighted by atomic mass is 9.80. The van der Waals surface area contributed by atoms with Crippen molar-refractivity contribution < 1.29 is 57.2 Å². The van der Waals surface area contributed by atoms with E-state index in [-0.39, 0.29) is 23.6 Å². The maximum absolute atomic E-state index is 13.9. The molecule has 2 N–H and O–H groups in total. The fourth-order valence-corrected chi connectivity index (χ4v) is 6.57. The van der Waals surface area contributed by atoms with E-state index in [4.69, 9.17) is 35.3 Å². The number of halogens is 2. The van der Waals surface area contributed by atoms with Crippen molar-refractivity contribution in [1.29, 1.82) is 0 Å². The largest absolute Gasteiger partial charge is 0.444 e. The molecule has 0 heterocycles. The number of thioether (sulfide) groups is 1. The third kappa shape index (κ3) is 8.09. The first-order chi connectivity index (χ1) is 20.2. The molecule has 1 aromatic carbocycles. The molecule has 1 aromatic rings. The minimum absolute atomic E-state index is 0.0122. The van der Waals surface area contributed by atoms with Crippen LogP contribution in [0.5, 0.6) is 0 Å². The van der Waals surface area contributed by atoms with Crippen LogP contribution in [0.1, 0.15) is 47.5 Å². The van der Waals surface area contributed by atoms with E-state index < -0.39 is 90.3 Å². The highest BCUT2D eigenvalue weighted by Gasteiger charge is 2.80. The highest BCUT2D eigenvalue weighted by atomic mass is 35.5. The molecule has 238 valence electrons. The van der Waals surface area contributed by atoms with E-state index in [0.29, 0.717) is 4.90 Å². The van der Waals surface area contributed by atoms with Crippen LogP contribution in [0, 0.1) is 29.5 Å². The Labute approximate surface area is 257 Å². The Balaban J connectivity index is 1.96. The van der Waals surface area contributed by atoms with Gasteiger partial charge in [-0.2, -0.15) is 0 Å². The van der Waals surface area contributed by atoms with Gasteiger partial charge in [-0.25, -0.2) is 14.0 Å². The van der Waals surface area contributed by atoms with Gasteiger partial charge < -0.3 is 34.1 Å². The van der Waals surface area contributed by atoms with Crippen LogP contribution in [0.15, 0.2) is 23.1 Å². The molecule has 2 aliphatic carbocycles. The number of nitrogens with one attached hydrogen (secondary N) is 1. The van der Waals surface area contributed by atoms with Crippen LogP contribution in [0.4, 0.5) is 9.18 Å². The second-order valence-electron chi connectivity index (χ2n) is 11.0. The summed E-state index contributed by atoms with van der Waals surface area (Å²) in [5.74, 6) is -7.90. The number of aliphatic hydroxyl groups is 1. The highest BCUT2D eigenvalue weighted by molar-refractivity contribution is 7.99. The Morgan fingerprint density at radius 1 is 1.02 bits per heavy atom. The number of fused-ring (bicyclic) bond motifs is 1. The number of rotatable bonds is 12. The molecular weight excluding hydrogens is 613 g/mol. The number of benzene rings is 1. The van der Waals surface area contributed by atoms with Crippen molar-refractivity contribution in [2.24, 2.45) is 23.7 Å². The van der Waals surface area contributed by atoms with Gasteiger partial charge in [0.05, 0.1) is 17.0 Å². The summed E-state index contributed by atoms with van der Waals surface area (Å²) >= 11 is 7.03. The smallest absolute Gasteiger partial charge is 0.408 e. The van der Waals surface area contributed by atoms with Gasteiger partial charge in [0, 0.05) is 41.2 Å². The van der Waals surface area contributed by atoms with Gasteiger partial charge in [-0.05, 0) is 39.0 Å². The van der Waals surface area contributed by atoms with Gasteiger partial charge in [0.15, 0.2) is 5.54 Å². The van der Waals surface area contributed by atoms with Gasteiger partial charge in [0.2, 0.25) is 13.6 Å². The van der Waals surface area contributed by atoms with Crippen molar-refractivity contribution in [3.63, 3.8) is 0 Å². The Bertz CT molecular complexity index is 1240. The van der Waals surface area contributed by atoms with Crippen molar-refractivity contribution in [1.82, 2.24) is 5.32 Å². The lowest BCUT2D eigenvalue weighted by Gasteiger charge is -2.38. The summed E-state index contributed by atoms with van der Waals surface area (Å²) in [7, 11) is 0. The fourth-order valence-electron chi connectivity index (χ4n) is 5.13. The molecule has 43 heavy (non-hydrogen) atoms. The second-order valence-corrected chi connectivity index (χ2v) is 12.5. The third-order valence-electron chi connectivity index (χ3n) is 7.04. The first-order valence-corrected chi connectivity index (χ1v) is 14.9. The Kier molecular flexibility index (Phi) is 11.3. The van der Waals surface area contributed by atoms with Crippen LogP contribution < -0.4 is 5.32 Å². The molecule has 15 heteroatoms. The maximum atomic E-state index is 13.9. The maximum Gasteiger partial charge on any atom is 0.408 e. The summed E-state index contributed by atoms with van der Waals surface area (Å²) in [6, 6.07) is 3.98.